The summed E-state index contributed by atoms with van der Waals surface area (Å²) < 4.78 is 0. The van der Waals surface area contributed by atoms with Gasteiger partial charge in [0.1, 0.15) is 23.9 Å². The molecule has 0 heterocycles. The van der Waals surface area contributed by atoms with E-state index in [0.29, 0.717) is 25.8 Å². The van der Waals surface area contributed by atoms with Gasteiger partial charge in [-0.15, -0.1) is 0 Å². The molecule has 56 heavy (non-hydrogen) atoms. The quantitative estimate of drug-likeness (QED) is 0.0415. The van der Waals surface area contributed by atoms with Crippen LogP contribution in [0.3, 0.4) is 0 Å². The van der Waals surface area contributed by atoms with Gasteiger partial charge < -0.3 is 41.7 Å². The zero-order valence-corrected chi connectivity index (χ0v) is 33.2. The fourth-order valence-electron chi connectivity index (χ4n) is 5.82. The highest BCUT2D eigenvalue weighted by molar-refractivity contribution is 5.87. The van der Waals surface area contributed by atoms with Crippen molar-refractivity contribution in [3.63, 3.8) is 0 Å². The van der Waals surface area contributed by atoms with Crippen LogP contribution in [0.4, 0.5) is 0 Å². The van der Waals surface area contributed by atoms with Crippen LogP contribution in [0.15, 0.2) is 0 Å². The van der Waals surface area contributed by atoms with Crippen LogP contribution in [0, 0.1) is 5.92 Å². The van der Waals surface area contributed by atoms with Crippen molar-refractivity contribution in [3.8, 4) is 0 Å². The fourth-order valence-corrected chi connectivity index (χ4v) is 5.82. The van der Waals surface area contributed by atoms with Crippen molar-refractivity contribution in [1.82, 2.24) is 21.3 Å². The number of rotatable bonds is 36. The first-order valence-corrected chi connectivity index (χ1v) is 20.1. The molecule has 0 aromatic rings. The molecule has 4 amide bonds. The maximum atomic E-state index is 12.5. The van der Waals surface area contributed by atoms with Gasteiger partial charge >= 0.3 is 23.9 Å². The second-order valence-corrected chi connectivity index (χ2v) is 14.5. The molecule has 320 valence electrons. The van der Waals surface area contributed by atoms with E-state index < -0.39 is 84.9 Å². The molecular formula is C39H66N4O13. The average Bonchev–Trinajstić information content (AvgIpc) is 3.12. The summed E-state index contributed by atoms with van der Waals surface area (Å²) in [5.74, 6) is -7.40. The molecule has 0 saturated carbocycles. The van der Waals surface area contributed by atoms with Gasteiger partial charge in [-0.2, -0.15) is 0 Å². The molecule has 0 radical (unpaired) electrons. The van der Waals surface area contributed by atoms with E-state index in [1.165, 1.54) is 6.92 Å². The number of carboxylic acids is 4. The lowest BCUT2D eigenvalue weighted by atomic mass is 10.0. The van der Waals surface area contributed by atoms with Crippen LogP contribution in [-0.4, -0.2) is 98.4 Å². The zero-order valence-electron chi connectivity index (χ0n) is 33.2. The second kappa shape index (κ2) is 31.6. The molecule has 0 aliphatic rings. The van der Waals surface area contributed by atoms with Gasteiger partial charge in [0.2, 0.25) is 23.6 Å². The first-order chi connectivity index (χ1) is 26.5. The smallest absolute Gasteiger partial charge is 0.326 e. The number of aliphatic carboxylic acids is 4. The highest BCUT2D eigenvalue weighted by Gasteiger charge is 2.26. The summed E-state index contributed by atoms with van der Waals surface area (Å²) in [7, 11) is 0. The summed E-state index contributed by atoms with van der Waals surface area (Å²) in [4.78, 5) is 106. The highest BCUT2D eigenvalue weighted by atomic mass is 16.4. The van der Waals surface area contributed by atoms with Crippen molar-refractivity contribution >= 4 is 53.3 Å². The Morgan fingerprint density at radius 2 is 0.750 bits per heavy atom. The van der Waals surface area contributed by atoms with E-state index >= 15 is 0 Å². The Labute approximate surface area is 329 Å². The van der Waals surface area contributed by atoms with Gasteiger partial charge in [0.05, 0.1) is 0 Å². The summed E-state index contributed by atoms with van der Waals surface area (Å²) in [5, 5.41) is 46.8. The van der Waals surface area contributed by atoms with E-state index in [4.69, 9.17) is 5.11 Å². The summed E-state index contributed by atoms with van der Waals surface area (Å²) in [6, 6.07) is -4.30. The van der Waals surface area contributed by atoms with E-state index in [0.717, 1.165) is 77.0 Å². The predicted molar refractivity (Wildman–Crippen MR) is 205 cm³/mol. The van der Waals surface area contributed by atoms with Crippen LogP contribution in [0.1, 0.15) is 162 Å². The van der Waals surface area contributed by atoms with E-state index in [-0.39, 0.29) is 43.8 Å². The van der Waals surface area contributed by atoms with Crippen LogP contribution in [0.2, 0.25) is 0 Å². The van der Waals surface area contributed by atoms with Gasteiger partial charge in [-0.25, -0.2) is 14.4 Å². The molecule has 0 fully saturated rings. The molecule has 0 saturated heterocycles. The van der Waals surface area contributed by atoms with Crippen LogP contribution >= 0.6 is 0 Å². The third-order valence-electron chi connectivity index (χ3n) is 9.50. The Hall–Kier alpha value is -4.57. The molecule has 4 atom stereocenters. The predicted octanol–water partition coefficient (Wildman–Crippen LogP) is 4.09. The molecule has 0 spiro atoms. The van der Waals surface area contributed by atoms with Gasteiger partial charge in [0.15, 0.2) is 0 Å². The van der Waals surface area contributed by atoms with Crippen molar-refractivity contribution in [2.75, 3.05) is 6.54 Å². The van der Waals surface area contributed by atoms with Crippen molar-refractivity contribution in [1.29, 1.82) is 0 Å². The first kappa shape index (κ1) is 51.4. The fraction of sp³-hybridized carbons (Fsp3) is 0.769. The van der Waals surface area contributed by atoms with Crippen LogP contribution in [-0.2, 0) is 43.2 Å². The summed E-state index contributed by atoms with van der Waals surface area (Å²) in [6.07, 6.45) is 12.1. The number of Topliss-reactive ketones (excluding diaryl/α,β-unsaturated/α-hetero) is 1. The Bertz CT molecular complexity index is 1260. The lowest BCUT2D eigenvalue weighted by Gasteiger charge is -2.18. The van der Waals surface area contributed by atoms with E-state index in [9.17, 15) is 58.5 Å². The SMILES string of the molecule is CC(=O)[C@@H](C)CCCCNC(=O)CC[C@H](NC(=O)CC[C@H](NC(=O)CC[C@H](NC(=O)CCCCCCCCCCCCCCC(=O)O)C(=O)O)C(=O)O)C(=O)O. The van der Waals surface area contributed by atoms with Crippen LogP contribution < -0.4 is 21.3 Å². The molecule has 8 N–H and O–H groups in total. The minimum absolute atomic E-state index is 0.0595. The van der Waals surface area contributed by atoms with Crippen molar-refractivity contribution in [3.05, 3.63) is 0 Å². The first-order valence-electron chi connectivity index (χ1n) is 20.1. The van der Waals surface area contributed by atoms with Crippen molar-refractivity contribution in [2.24, 2.45) is 5.92 Å². The molecule has 0 aromatic heterocycles. The molecule has 0 aliphatic heterocycles. The normalized spacial score (nSPS) is 13.0. The molecule has 17 nitrogen and oxygen atoms in total. The van der Waals surface area contributed by atoms with Crippen LogP contribution in [0.25, 0.3) is 0 Å². The molecule has 0 aromatic carbocycles. The van der Waals surface area contributed by atoms with E-state index in [1.807, 2.05) is 6.92 Å². The number of ketones is 1. The lowest BCUT2D eigenvalue weighted by molar-refractivity contribution is -0.144. The number of carbonyl (C=O) groups is 9. The van der Waals surface area contributed by atoms with Gasteiger partial charge in [-0.05, 0) is 51.9 Å². The topological polar surface area (TPSA) is 283 Å². The maximum Gasteiger partial charge on any atom is 0.326 e. The summed E-state index contributed by atoms with van der Waals surface area (Å²) in [6.45, 7) is 3.71. The summed E-state index contributed by atoms with van der Waals surface area (Å²) >= 11 is 0. The summed E-state index contributed by atoms with van der Waals surface area (Å²) in [5.41, 5.74) is 0. The number of hydrogen-bond donors (Lipinski definition) is 8. The number of unbranched alkanes of at least 4 members (excludes halogenated alkanes) is 12. The van der Waals surface area contributed by atoms with Gasteiger partial charge in [0, 0.05) is 44.6 Å². The molecule has 0 bridgehead atoms. The average molecular weight is 799 g/mol. The Balaban J connectivity index is 4.41. The Kier molecular flexibility index (Phi) is 29.0. The molecule has 17 heteroatoms. The number of carbonyl (C=O) groups excluding carboxylic acids is 5. The van der Waals surface area contributed by atoms with Crippen molar-refractivity contribution in [2.45, 2.75) is 180 Å². The number of hydrogen-bond acceptors (Lipinski definition) is 9. The highest BCUT2D eigenvalue weighted by Crippen LogP contribution is 2.14. The third kappa shape index (κ3) is 28.8. The largest absolute Gasteiger partial charge is 0.481 e. The number of carboxylic acid groups (broad SMARTS) is 4. The molecular weight excluding hydrogens is 732 g/mol. The molecule has 0 rings (SSSR count). The maximum absolute atomic E-state index is 12.5. The number of amides is 4. The molecule has 0 unspecified atom stereocenters. The standard InChI is InChI=1S/C39H66N4O13/c1-27(28(2)44)17-15-16-26-40-32(45)23-20-29(37(51)52)42-34(47)25-22-31(39(55)56)43-35(48)24-21-30(38(53)54)41-33(46)18-13-11-9-7-5-3-4-6-8-10-12-14-19-36(49)50/h27,29-31H,3-26H2,1-2H3,(H,40,45)(H,41,46)(H,42,47)(H,43,48)(H,49,50)(H,51,52)(H,53,54)(H,55,56)/t27-,29-,30-,31-/m0/s1. The van der Waals surface area contributed by atoms with Gasteiger partial charge in [-0.3, -0.25) is 28.8 Å². The van der Waals surface area contributed by atoms with Crippen LogP contribution in [0.5, 0.6) is 0 Å². The third-order valence-corrected chi connectivity index (χ3v) is 9.50. The Morgan fingerprint density at radius 1 is 0.411 bits per heavy atom. The monoisotopic (exact) mass is 798 g/mol. The van der Waals surface area contributed by atoms with Gasteiger partial charge in [-0.1, -0.05) is 77.6 Å². The minimum atomic E-state index is -1.53. The molecule has 0 aliphatic carbocycles. The number of nitrogens with one attached hydrogen (secondary N) is 4. The lowest BCUT2D eigenvalue weighted by Crippen LogP contribution is -2.45. The zero-order chi connectivity index (χ0) is 42.3. The second-order valence-electron chi connectivity index (χ2n) is 14.5. The minimum Gasteiger partial charge on any atom is -0.481 e. The van der Waals surface area contributed by atoms with E-state index in [1.54, 1.807) is 0 Å². The van der Waals surface area contributed by atoms with Crippen molar-refractivity contribution < 1.29 is 63.6 Å². The Morgan fingerprint density at radius 3 is 1.11 bits per heavy atom. The van der Waals surface area contributed by atoms with Gasteiger partial charge in [0.25, 0.3) is 0 Å². The van der Waals surface area contributed by atoms with E-state index in [2.05, 4.69) is 21.3 Å².